The van der Waals surface area contributed by atoms with Crippen molar-refractivity contribution in [2.24, 2.45) is 0 Å². The lowest BCUT2D eigenvalue weighted by molar-refractivity contribution is 0.585. The molecule has 0 spiro atoms. The summed E-state index contributed by atoms with van der Waals surface area (Å²) in [5.41, 5.74) is 0.579. The first kappa shape index (κ1) is 14.5. The minimum Gasteiger partial charge on any atom is -0.379 e. The van der Waals surface area contributed by atoms with Crippen LogP contribution in [0.25, 0.3) is 0 Å². The summed E-state index contributed by atoms with van der Waals surface area (Å²) in [4.78, 5) is 0. The van der Waals surface area contributed by atoms with Crippen molar-refractivity contribution in [3.05, 3.63) is 28.5 Å². The number of anilines is 1. The van der Waals surface area contributed by atoms with Gasteiger partial charge in [0.15, 0.2) is 0 Å². The maximum Gasteiger partial charge on any atom is 0.147 e. The normalized spacial score (nSPS) is 12.5. The van der Waals surface area contributed by atoms with E-state index >= 15 is 0 Å². The van der Waals surface area contributed by atoms with Gasteiger partial charge in [0.25, 0.3) is 0 Å². The fourth-order valence-corrected chi connectivity index (χ4v) is 2.29. The molecule has 1 N–H and O–H groups in total. The lowest BCUT2D eigenvalue weighted by atomic mass is 10.1. The smallest absolute Gasteiger partial charge is 0.147 e. The third-order valence-electron chi connectivity index (χ3n) is 2.84. The van der Waals surface area contributed by atoms with Crippen LogP contribution in [0.3, 0.4) is 0 Å². The van der Waals surface area contributed by atoms with Gasteiger partial charge in [0.05, 0.1) is 5.69 Å². The molecule has 0 bridgehead atoms. The van der Waals surface area contributed by atoms with Crippen LogP contribution in [0.5, 0.6) is 0 Å². The molecule has 3 heteroatoms. The van der Waals surface area contributed by atoms with Gasteiger partial charge in [0.2, 0.25) is 0 Å². The molecular weight excluding hydrogens is 281 g/mol. The Morgan fingerprint density at radius 3 is 2.71 bits per heavy atom. The quantitative estimate of drug-likeness (QED) is 0.669. The minimum atomic E-state index is -0.195. The lowest BCUT2D eigenvalue weighted by Gasteiger charge is -2.16. The zero-order valence-corrected chi connectivity index (χ0v) is 12.2. The van der Waals surface area contributed by atoms with E-state index in [9.17, 15) is 4.39 Å². The molecule has 0 aliphatic carbocycles. The molecule has 1 nitrogen and oxygen atoms in total. The SMILES string of the molecule is CCCCCCC(C)Nc1c(F)cccc1Br. The standard InChI is InChI=1S/C14H21BrFN/c1-3-4-5-6-8-11(2)17-14-12(15)9-7-10-13(14)16/h7,9-11,17H,3-6,8H2,1-2H3. The van der Waals surface area contributed by atoms with E-state index in [2.05, 4.69) is 35.1 Å². The third kappa shape index (κ3) is 5.07. The number of rotatable bonds is 7. The second-order valence-corrected chi connectivity index (χ2v) is 5.35. The van der Waals surface area contributed by atoms with Crippen molar-refractivity contribution in [2.75, 3.05) is 5.32 Å². The number of nitrogens with one attached hydrogen (secondary N) is 1. The van der Waals surface area contributed by atoms with Crippen molar-refractivity contribution in [2.45, 2.75) is 52.0 Å². The molecule has 0 saturated heterocycles. The number of unbranched alkanes of at least 4 members (excludes halogenated alkanes) is 3. The average Bonchev–Trinajstić information content (AvgIpc) is 2.30. The summed E-state index contributed by atoms with van der Waals surface area (Å²) >= 11 is 3.37. The summed E-state index contributed by atoms with van der Waals surface area (Å²) in [5.74, 6) is -0.195. The molecular formula is C14H21BrFN. The Bertz CT molecular complexity index is 321. The highest BCUT2D eigenvalue weighted by molar-refractivity contribution is 9.10. The highest BCUT2D eigenvalue weighted by Gasteiger charge is 2.09. The van der Waals surface area contributed by atoms with Gasteiger partial charge in [-0.1, -0.05) is 38.7 Å². The second kappa shape index (κ2) is 7.70. The number of hydrogen-bond donors (Lipinski definition) is 1. The maximum atomic E-state index is 13.6. The summed E-state index contributed by atoms with van der Waals surface area (Å²) in [6, 6.07) is 5.35. The Labute approximate surface area is 112 Å². The van der Waals surface area contributed by atoms with Gasteiger partial charge in [0, 0.05) is 10.5 Å². The van der Waals surface area contributed by atoms with Crippen molar-refractivity contribution in [3.8, 4) is 0 Å². The number of benzene rings is 1. The molecule has 1 unspecified atom stereocenters. The van der Waals surface area contributed by atoms with E-state index in [4.69, 9.17) is 0 Å². The van der Waals surface area contributed by atoms with Crippen LogP contribution >= 0.6 is 15.9 Å². The Kier molecular flexibility index (Phi) is 6.56. The molecule has 96 valence electrons. The molecule has 1 atom stereocenters. The maximum absolute atomic E-state index is 13.6. The third-order valence-corrected chi connectivity index (χ3v) is 3.51. The minimum absolute atomic E-state index is 0.195. The summed E-state index contributed by atoms with van der Waals surface area (Å²) in [5, 5.41) is 3.23. The molecule has 0 saturated carbocycles. The molecule has 0 heterocycles. The van der Waals surface area contributed by atoms with Crippen LogP contribution in [-0.4, -0.2) is 6.04 Å². The monoisotopic (exact) mass is 301 g/mol. The Morgan fingerprint density at radius 1 is 1.29 bits per heavy atom. The van der Waals surface area contributed by atoms with Gasteiger partial charge in [-0.2, -0.15) is 0 Å². The van der Waals surface area contributed by atoms with Crippen molar-refractivity contribution < 1.29 is 4.39 Å². The van der Waals surface area contributed by atoms with Crippen LogP contribution in [0.2, 0.25) is 0 Å². The highest BCUT2D eigenvalue weighted by atomic mass is 79.9. The molecule has 0 amide bonds. The van der Waals surface area contributed by atoms with Crippen LogP contribution < -0.4 is 5.32 Å². The van der Waals surface area contributed by atoms with Gasteiger partial charge in [-0.25, -0.2) is 4.39 Å². The van der Waals surface area contributed by atoms with E-state index in [-0.39, 0.29) is 5.82 Å². The highest BCUT2D eigenvalue weighted by Crippen LogP contribution is 2.26. The first-order valence-corrected chi connectivity index (χ1v) is 7.15. The first-order chi connectivity index (χ1) is 8.15. The molecule has 0 fully saturated rings. The van der Waals surface area contributed by atoms with Crippen LogP contribution in [0, 0.1) is 5.82 Å². The molecule has 0 radical (unpaired) electrons. The number of halogens is 2. The molecule has 0 aromatic heterocycles. The van der Waals surface area contributed by atoms with Crippen LogP contribution in [-0.2, 0) is 0 Å². The van der Waals surface area contributed by atoms with E-state index in [1.807, 2.05) is 6.07 Å². The summed E-state index contributed by atoms with van der Waals surface area (Å²) in [6.45, 7) is 4.31. The zero-order valence-electron chi connectivity index (χ0n) is 10.6. The number of hydrogen-bond acceptors (Lipinski definition) is 1. The van der Waals surface area contributed by atoms with Gasteiger partial charge in [-0.15, -0.1) is 0 Å². The molecule has 0 aliphatic heterocycles. The molecule has 1 aromatic rings. The van der Waals surface area contributed by atoms with E-state index in [1.54, 1.807) is 6.07 Å². The van der Waals surface area contributed by atoms with Gasteiger partial charge in [-0.05, 0) is 41.4 Å². The number of para-hydroxylation sites is 1. The fraction of sp³-hybridized carbons (Fsp3) is 0.571. The van der Waals surface area contributed by atoms with Crippen LogP contribution in [0.15, 0.2) is 22.7 Å². The van der Waals surface area contributed by atoms with Gasteiger partial charge in [-0.3, -0.25) is 0 Å². The predicted molar refractivity (Wildman–Crippen MR) is 75.9 cm³/mol. The van der Waals surface area contributed by atoms with Crippen molar-refractivity contribution >= 4 is 21.6 Å². The average molecular weight is 302 g/mol. The van der Waals surface area contributed by atoms with Crippen LogP contribution in [0.4, 0.5) is 10.1 Å². The molecule has 0 aliphatic rings. The largest absolute Gasteiger partial charge is 0.379 e. The lowest BCUT2D eigenvalue weighted by Crippen LogP contribution is -2.16. The van der Waals surface area contributed by atoms with Crippen LogP contribution in [0.1, 0.15) is 46.0 Å². The topological polar surface area (TPSA) is 12.0 Å². The van der Waals surface area contributed by atoms with E-state index in [1.165, 1.54) is 31.7 Å². The molecule has 1 rings (SSSR count). The van der Waals surface area contributed by atoms with Crippen molar-refractivity contribution in [3.63, 3.8) is 0 Å². The summed E-state index contributed by atoms with van der Waals surface area (Å²) < 4.78 is 14.4. The summed E-state index contributed by atoms with van der Waals surface area (Å²) in [7, 11) is 0. The molecule has 17 heavy (non-hydrogen) atoms. The van der Waals surface area contributed by atoms with Gasteiger partial charge < -0.3 is 5.32 Å². The van der Waals surface area contributed by atoms with E-state index in [0.29, 0.717) is 11.7 Å². The van der Waals surface area contributed by atoms with E-state index < -0.39 is 0 Å². The van der Waals surface area contributed by atoms with Gasteiger partial charge >= 0.3 is 0 Å². The Hall–Kier alpha value is -0.570. The predicted octanol–water partition coefficient (Wildman–Crippen LogP) is 5.36. The summed E-state index contributed by atoms with van der Waals surface area (Å²) in [6.07, 6.45) is 6.09. The van der Waals surface area contributed by atoms with Gasteiger partial charge in [0.1, 0.15) is 5.82 Å². The Balaban J connectivity index is 2.42. The Morgan fingerprint density at radius 2 is 2.06 bits per heavy atom. The first-order valence-electron chi connectivity index (χ1n) is 6.35. The molecule has 1 aromatic carbocycles. The second-order valence-electron chi connectivity index (χ2n) is 4.49. The fourth-order valence-electron chi connectivity index (χ4n) is 1.83. The zero-order chi connectivity index (χ0) is 12.7. The van der Waals surface area contributed by atoms with Crippen molar-refractivity contribution in [1.29, 1.82) is 0 Å². The van der Waals surface area contributed by atoms with Crippen molar-refractivity contribution in [1.82, 2.24) is 0 Å². The van der Waals surface area contributed by atoms with E-state index in [0.717, 1.165) is 10.9 Å².